The number of halogens is 4. The van der Waals surface area contributed by atoms with Crippen LogP contribution in [0.2, 0.25) is 0 Å². The summed E-state index contributed by atoms with van der Waals surface area (Å²) >= 11 is 0. The van der Waals surface area contributed by atoms with Crippen LogP contribution in [0.3, 0.4) is 0 Å². The molecule has 0 fully saturated rings. The number of carbonyl (C=O) groups excluding carboxylic acids is 1. The average Bonchev–Trinajstić information content (AvgIpc) is 2.36. The van der Waals surface area contributed by atoms with Gasteiger partial charge in [0.05, 0.1) is 17.1 Å². The number of rotatable bonds is 5. The number of amides is 1. The van der Waals surface area contributed by atoms with Crippen LogP contribution >= 0.6 is 0 Å². The Morgan fingerprint density at radius 3 is 2.48 bits per heavy atom. The van der Waals surface area contributed by atoms with Crippen LogP contribution in [0.25, 0.3) is 0 Å². The maximum Gasteiger partial charge on any atom is 0.406 e. The molecule has 1 amide bonds. The van der Waals surface area contributed by atoms with Gasteiger partial charge in [-0.2, -0.15) is 13.2 Å². The third-order valence-corrected chi connectivity index (χ3v) is 2.42. The molecule has 0 saturated carbocycles. The first kappa shape index (κ1) is 16.8. The summed E-state index contributed by atoms with van der Waals surface area (Å²) < 4.78 is 50.5. The molecule has 0 radical (unpaired) electrons. The van der Waals surface area contributed by atoms with Gasteiger partial charge in [0, 0.05) is 18.7 Å². The molecular formula is C11H10F4N2O4. The van der Waals surface area contributed by atoms with Crippen LogP contribution in [-0.4, -0.2) is 46.7 Å². The molecule has 0 unspecified atom stereocenters. The van der Waals surface area contributed by atoms with Crippen molar-refractivity contribution in [2.45, 2.75) is 6.18 Å². The maximum atomic E-state index is 13.5. The summed E-state index contributed by atoms with van der Waals surface area (Å²) in [5.41, 5.74) is -1.49. The number of benzene rings is 1. The van der Waals surface area contributed by atoms with Gasteiger partial charge in [0.2, 0.25) is 0 Å². The fourth-order valence-corrected chi connectivity index (χ4v) is 1.55. The van der Waals surface area contributed by atoms with Crippen molar-refractivity contribution in [3.63, 3.8) is 0 Å². The van der Waals surface area contributed by atoms with Gasteiger partial charge >= 0.3 is 6.18 Å². The number of aliphatic hydroxyl groups excluding tert-OH is 1. The molecule has 0 saturated heterocycles. The van der Waals surface area contributed by atoms with Crippen LogP contribution in [0, 0.1) is 15.9 Å². The molecule has 0 aliphatic heterocycles. The Kier molecular flexibility index (Phi) is 5.19. The number of nitrogens with zero attached hydrogens (tertiary/aromatic N) is 2. The highest BCUT2D eigenvalue weighted by Gasteiger charge is 2.34. The van der Waals surface area contributed by atoms with E-state index in [0.717, 1.165) is 6.07 Å². The largest absolute Gasteiger partial charge is 0.406 e. The number of hydrogen-bond acceptors (Lipinski definition) is 4. The summed E-state index contributed by atoms with van der Waals surface area (Å²) in [6.45, 7) is -3.15. The summed E-state index contributed by atoms with van der Waals surface area (Å²) in [4.78, 5) is 21.7. The third-order valence-electron chi connectivity index (χ3n) is 2.42. The minimum atomic E-state index is -4.75. The zero-order chi connectivity index (χ0) is 16.2. The first-order valence-electron chi connectivity index (χ1n) is 5.56. The monoisotopic (exact) mass is 310 g/mol. The highest BCUT2D eigenvalue weighted by Crippen LogP contribution is 2.21. The van der Waals surface area contributed by atoms with Crippen molar-refractivity contribution in [2.75, 3.05) is 19.7 Å². The highest BCUT2D eigenvalue weighted by molar-refractivity contribution is 5.95. The second kappa shape index (κ2) is 6.48. The molecule has 1 aromatic carbocycles. The summed E-state index contributed by atoms with van der Waals surface area (Å²) in [6, 6.07) is 1.96. The number of nitro groups is 1. The van der Waals surface area contributed by atoms with Crippen LogP contribution in [-0.2, 0) is 0 Å². The van der Waals surface area contributed by atoms with E-state index in [1.807, 2.05) is 0 Å². The molecule has 0 aliphatic rings. The molecule has 116 valence electrons. The molecule has 0 spiro atoms. The van der Waals surface area contributed by atoms with Gasteiger partial charge in [-0.25, -0.2) is 4.39 Å². The van der Waals surface area contributed by atoms with Crippen LogP contribution in [0.5, 0.6) is 0 Å². The second-order valence-corrected chi connectivity index (χ2v) is 3.99. The molecule has 0 bridgehead atoms. The van der Waals surface area contributed by atoms with Crippen molar-refractivity contribution < 1.29 is 32.4 Å². The lowest BCUT2D eigenvalue weighted by molar-refractivity contribution is -0.384. The molecule has 0 aromatic heterocycles. The van der Waals surface area contributed by atoms with Gasteiger partial charge < -0.3 is 10.0 Å². The summed E-state index contributed by atoms with van der Waals surface area (Å²) in [7, 11) is 0. The molecule has 1 rings (SSSR count). The van der Waals surface area contributed by atoms with Crippen LogP contribution < -0.4 is 0 Å². The van der Waals surface area contributed by atoms with E-state index in [0.29, 0.717) is 12.1 Å². The van der Waals surface area contributed by atoms with Crippen molar-refractivity contribution in [3.8, 4) is 0 Å². The fraction of sp³-hybridized carbons (Fsp3) is 0.364. The normalized spacial score (nSPS) is 11.3. The third kappa shape index (κ3) is 4.67. The van der Waals surface area contributed by atoms with Crippen molar-refractivity contribution in [2.24, 2.45) is 0 Å². The topological polar surface area (TPSA) is 83.7 Å². The minimum Gasteiger partial charge on any atom is -0.395 e. The molecule has 6 nitrogen and oxygen atoms in total. The van der Waals surface area contributed by atoms with Gasteiger partial charge in [0.1, 0.15) is 12.4 Å². The highest BCUT2D eigenvalue weighted by atomic mass is 19.4. The molecular weight excluding hydrogens is 300 g/mol. The van der Waals surface area contributed by atoms with Crippen molar-refractivity contribution >= 4 is 11.6 Å². The summed E-state index contributed by atoms with van der Waals surface area (Å²) in [5.74, 6) is -2.57. The molecule has 1 aromatic rings. The maximum absolute atomic E-state index is 13.5. The quantitative estimate of drug-likeness (QED) is 0.510. The number of carbonyl (C=O) groups is 1. The van der Waals surface area contributed by atoms with Crippen LogP contribution in [0.15, 0.2) is 18.2 Å². The van der Waals surface area contributed by atoms with Crippen molar-refractivity contribution in [3.05, 3.63) is 39.7 Å². The first-order chi connectivity index (χ1) is 9.65. The van der Waals surface area contributed by atoms with E-state index in [2.05, 4.69) is 0 Å². The smallest absolute Gasteiger partial charge is 0.395 e. The van der Waals surface area contributed by atoms with Gasteiger partial charge in [0.15, 0.2) is 0 Å². The van der Waals surface area contributed by atoms with E-state index in [-0.39, 0.29) is 4.90 Å². The number of hydrogen-bond donors (Lipinski definition) is 1. The molecule has 0 atom stereocenters. The molecule has 10 heteroatoms. The van der Waals surface area contributed by atoms with Gasteiger partial charge in [-0.15, -0.1) is 0 Å². The molecule has 0 heterocycles. The Morgan fingerprint density at radius 1 is 1.38 bits per heavy atom. The predicted molar refractivity (Wildman–Crippen MR) is 62.1 cm³/mol. The van der Waals surface area contributed by atoms with E-state index < -0.39 is 53.8 Å². The Morgan fingerprint density at radius 2 is 2.00 bits per heavy atom. The standard InChI is InChI=1S/C11H10F4N2O4/c12-9-2-1-7(17(20)21)5-8(9)10(19)16(3-4-18)6-11(13,14)15/h1-2,5,18H,3-4,6H2. The van der Waals surface area contributed by atoms with E-state index in [9.17, 15) is 32.5 Å². The SMILES string of the molecule is O=C(c1cc([N+](=O)[O-])ccc1F)N(CCO)CC(F)(F)F. The predicted octanol–water partition coefficient (Wildman–Crippen LogP) is 1.73. The Labute approximate surface area is 115 Å². The molecule has 1 N–H and O–H groups in total. The van der Waals surface area contributed by atoms with Crippen molar-refractivity contribution in [1.82, 2.24) is 4.90 Å². The zero-order valence-electron chi connectivity index (χ0n) is 10.4. The van der Waals surface area contributed by atoms with Gasteiger partial charge in [-0.05, 0) is 6.07 Å². The Bertz CT molecular complexity index is 548. The Balaban J connectivity index is 3.13. The summed E-state index contributed by atoms with van der Waals surface area (Å²) in [5, 5.41) is 19.2. The lowest BCUT2D eigenvalue weighted by Gasteiger charge is -2.23. The Hall–Kier alpha value is -2.23. The number of non-ortho nitro benzene ring substituents is 1. The zero-order valence-corrected chi connectivity index (χ0v) is 10.4. The molecule has 21 heavy (non-hydrogen) atoms. The second-order valence-electron chi connectivity index (χ2n) is 3.99. The van der Waals surface area contributed by atoms with E-state index in [4.69, 9.17) is 5.11 Å². The number of aliphatic hydroxyl groups is 1. The van der Waals surface area contributed by atoms with Gasteiger partial charge in [-0.3, -0.25) is 14.9 Å². The van der Waals surface area contributed by atoms with E-state index >= 15 is 0 Å². The van der Waals surface area contributed by atoms with Crippen LogP contribution in [0.4, 0.5) is 23.2 Å². The van der Waals surface area contributed by atoms with Gasteiger partial charge in [-0.1, -0.05) is 0 Å². The average molecular weight is 310 g/mol. The van der Waals surface area contributed by atoms with E-state index in [1.54, 1.807) is 0 Å². The summed E-state index contributed by atoms with van der Waals surface area (Å²) in [6.07, 6.45) is -4.75. The van der Waals surface area contributed by atoms with Gasteiger partial charge in [0.25, 0.3) is 11.6 Å². The minimum absolute atomic E-state index is 0.169. The van der Waals surface area contributed by atoms with E-state index in [1.165, 1.54) is 0 Å². The number of alkyl halides is 3. The van der Waals surface area contributed by atoms with Crippen molar-refractivity contribution in [1.29, 1.82) is 0 Å². The lowest BCUT2D eigenvalue weighted by atomic mass is 10.1. The number of nitro benzene ring substituents is 1. The lowest BCUT2D eigenvalue weighted by Crippen LogP contribution is -2.41. The fourth-order valence-electron chi connectivity index (χ4n) is 1.55. The van der Waals surface area contributed by atoms with Crippen LogP contribution in [0.1, 0.15) is 10.4 Å². The molecule has 0 aliphatic carbocycles. The first-order valence-corrected chi connectivity index (χ1v) is 5.56.